The van der Waals surface area contributed by atoms with Crippen LogP contribution < -0.4 is 5.32 Å². The first-order valence-electron chi connectivity index (χ1n) is 6.87. The molecule has 0 aliphatic carbocycles. The molecule has 1 heterocycles. The third kappa shape index (κ3) is 5.29. The predicted octanol–water partition coefficient (Wildman–Crippen LogP) is 4.56. The molecule has 22 heavy (non-hydrogen) atoms. The molecule has 0 radical (unpaired) electrons. The fraction of sp³-hybridized carbons (Fsp3) is 0.467. The molecule has 1 aliphatic rings. The van der Waals surface area contributed by atoms with Gasteiger partial charge in [0.25, 0.3) is 0 Å². The zero-order valence-corrected chi connectivity index (χ0v) is 16.2. The predicted molar refractivity (Wildman–Crippen MR) is 102 cm³/mol. The summed E-state index contributed by atoms with van der Waals surface area (Å²) in [6.07, 6.45) is 3.80. The largest absolute Gasteiger partial charge is 0.506 e. The lowest BCUT2D eigenvalue weighted by molar-refractivity contribution is 0.163. The number of hydrogen-bond acceptors (Lipinski definition) is 3. The first kappa shape index (κ1) is 22.0. The van der Waals surface area contributed by atoms with E-state index in [9.17, 15) is 5.11 Å². The van der Waals surface area contributed by atoms with E-state index < -0.39 is 0 Å². The van der Waals surface area contributed by atoms with Crippen LogP contribution in [0.25, 0.3) is 0 Å². The van der Waals surface area contributed by atoms with Crippen molar-refractivity contribution in [1.82, 2.24) is 10.2 Å². The molecule has 0 aromatic heterocycles. The van der Waals surface area contributed by atoms with Crippen LogP contribution in [0.5, 0.6) is 5.75 Å². The molecule has 2 N–H and O–H groups in total. The summed E-state index contributed by atoms with van der Waals surface area (Å²) in [5.41, 5.74) is 0.935. The zero-order chi connectivity index (χ0) is 14.5. The van der Waals surface area contributed by atoms with Gasteiger partial charge in [0, 0.05) is 37.8 Å². The summed E-state index contributed by atoms with van der Waals surface area (Å²) in [7, 11) is 0. The SMILES string of the molecule is C=CCC[C@H](c1ccc(Cl)c(Br)c1O)N1CCNCC1.Cl.Cl. The van der Waals surface area contributed by atoms with Gasteiger partial charge in [0.2, 0.25) is 0 Å². The summed E-state index contributed by atoms with van der Waals surface area (Å²) in [5, 5.41) is 14.3. The standard InChI is InChI=1S/C15H20BrClN2O.2ClH/c1-2-3-4-13(19-9-7-18-8-10-19)11-5-6-12(17)14(16)15(11)20;;/h2,5-6,13,18,20H,1,3-4,7-10H2;2*1H/t13-;;/m1../s1. The fourth-order valence-corrected chi connectivity index (χ4v) is 3.14. The van der Waals surface area contributed by atoms with E-state index in [1.165, 1.54) is 0 Å². The average molecular weight is 433 g/mol. The highest BCUT2D eigenvalue weighted by molar-refractivity contribution is 9.10. The molecule has 1 fully saturated rings. The van der Waals surface area contributed by atoms with Gasteiger partial charge in [0.1, 0.15) is 5.75 Å². The minimum Gasteiger partial charge on any atom is -0.506 e. The topological polar surface area (TPSA) is 35.5 Å². The molecule has 1 aromatic rings. The number of phenols is 1. The van der Waals surface area contributed by atoms with Crippen LogP contribution in [0.3, 0.4) is 0 Å². The van der Waals surface area contributed by atoms with Crippen LogP contribution >= 0.6 is 52.3 Å². The maximum absolute atomic E-state index is 10.4. The number of benzene rings is 1. The molecule has 0 amide bonds. The second kappa shape index (κ2) is 10.7. The molecule has 1 saturated heterocycles. The van der Waals surface area contributed by atoms with Crippen LogP contribution in [0.15, 0.2) is 29.3 Å². The van der Waals surface area contributed by atoms with E-state index in [-0.39, 0.29) is 36.6 Å². The number of allylic oxidation sites excluding steroid dienone is 1. The van der Waals surface area contributed by atoms with Gasteiger partial charge in [-0.3, -0.25) is 4.90 Å². The van der Waals surface area contributed by atoms with Crippen molar-refractivity contribution in [3.63, 3.8) is 0 Å². The van der Waals surface area contributed by atoms with Gasteiger partial charge >= 0.3 is 0 Å². The molecule has 7 heteroatoms. The second-order valence-electron chi connectivity index (χ2n) is 4.97. The van der Waals surface area contributed by atoms with E-state index in [0.717, 1.165) is 44.6 Å². The van der Waals surface area contributed by atoms with Crippen molar-refractivity contribution in [3.05, 3.63) is 39.8 Å². The summed E-state index contributed by atoms with van der Waals surface area (Å²) >= 11 is 9.39. The number of piperazine rings is 1. The minimum atomic E-state index is 0. The lowest BCUT2D eigenvalue weighted by Crippen LogP contribution is -2.45. The first-order valence-corrected chi connectivity index (χ1v) is 8.04. The Bertz CT molecular complexity index is 482. The Kier molecular flexibility index (Phi) is 10.8. The van der Waals surface area contributed by atoms with Crippen LogP contribution in [-0.4, -0.2) is 36.2 Å². The van der Waals surface area contributed by atoms with E-state index in [4.69, 9.17) is 11.6 Å². The maximum Gasteiger partial charge on any atom is 0.136 e. The Labute approximate surface area is 158 Å². The fourth-order valence-electron chi connectivity index (χ4n) is 2.63. The van der Waals surface area contributed by atoms with Crippen molar-refractivity contribution in [2.75, 3.05) is 26.2 Å². The lowest BCUT2D eigenvalue weighted by Gasteiger charge is -2.35. The van der Waals surface area contributed by atoms with Gasteiger partial charge in [-0.15, -0.1) is 31.4 Å². The lowest BCUT2D eigenvalue weighted by atomic mass is 9.98. The number of nitrogens with zero attached hydrogens (tertiary/aromatic N) is 1. The van der Waals surface area contributed by atoms with Gasteiger partial charge in [-0.05, 0) is 34.8 Å². The summed E-state index contributed by atoms with van der Waals surface area (Å²) in [4.78, 5) is 2.41. The molecule has 126 valence electrons. The number of halogens is 4. The average Bonchev–Trinajstić information content (AvgIpc) is 2.48. The van der Waals surface area contributed by atoms with Gasteiger partial charge in [-0.2, -0.15) is 0 Å². The molecular weight excluding hydrogens is 410 g/mol. The van der Waals surface area contributed by atoms with Crippen LogP contribution in [0, 0.1) is 0 Å². The summed E-state index contributed by atoms with van der Waals surface area (Å²) in [5.74, 6) is 0.255. The summed E-state index contributed by atoms with van der Waals surface area (Å²) in [6.45, 7) is 7.75. The Morgan fingerprint density at radius 2 is 2.00 bits per heavy atom. The molecule has 3 nitrogen and oxygen atoms in total. The van der Waals surface area contributed by atoms with E-state index in [2.05, 4.69) is 32.7 Å². The smallest absolute Gasteiger partial charge is 0.136 e. The molecule has 1 aromatic carbocycles. The summed E-state index contributed by atoms with van der Waals surface area (Å²) in [6, 6.07) is 3.96. The Balaban J connectivity index is 0.00000220. The number of phenolic OH excluding ortho intramolecular Hbond substituents is 1. The Morgan fingerprint density at radius 1 is 1.36 bits per heavy atom. The third-order valence-electron chi connectivity index (χ3n) is 3.70. The van der Waals surface area contributed by atoms with Crippen molar-refractivity contribution in [2.45, 2.75) is 18.9 Å². The van der Waals surface area contributed by atoms with Gasteiger partial charge in [-0.25, -0.2) is 0 Å². The maximum atomic E-state index is 10.4. The monoisotopic (exact) mass is 430 g/mol. The van der Waals surface area contributed by atoms with Crippen molar-refractivity contribution >= 4 is 52.3 Å². The van der Waals surface area contributed by atoms with Crippen LogP contribution in [0.1, 0.15) is 24.4 Å². The molecule has 0 saturated carbocycles. The molecule has 2 rings (SSSR count). The van der Waals surface area contributed by atoms with Gasteiger partial charge < -0.3 is 10.4 Å². The third-order valence-corrected chi connectivity index (χ3v) is 5.04. The van der Waals surface area contributed by atoms with Crippen molar-refractivity contribution < 1.29 is 5.11 Å². The van der Waals surface area contributed by atoms with Crippen LogP contribution in [-0.2, 0) is 0 Å². The first-order chi connectivity index (χ1) is 9.65. The van der Waals surface area contributed by atoms with Crippen LogP contribution in [0.4, 0.5) is 0 Å². The van der Waals surface area contributed by atoms with Gasteiger partial charge in [0.05, 0.1) is 9.50 Å². The quantitative estimate of drug-likeness (QED) is 0.670. The van der Waals surface area contributed by atoms with E-state index in [0.29, 0.717) is 9.50 Å². The molecule has 1 aliphatic heterocycles. The van der Waals surface area contributed by atoms with E-state index >= 15 is 0 Å². The van der Waals surface area contributed by atoms with Crippen molar-refractivity contribution in [2.24, 2.45) is 0 Å². The highest BCUT2D eigenvalue weighted by atomic mass is 79.9. The van der Waals surface area contributed by atoms with Crippen molar-refractivity contribution in [1.29, 1.82) is 0 Å². The number of rotatable bonds is 5. The Hall–Kier alpha value is 0.0300. The number of nitrogens with one attached hydrogen (secondary N) is 1. The molecule has 0 unspecified atom stereocenters. The van der Waals surface area contributed by atoms with Crippen LogP contribution in [0.2, 0.25) is 5.02 Å². The van der Waals surface area contributed by atoms with E-state index in [1.54, 1.807) is 0 Å². The van der Waals surface area contributed by atoms with Gasteiger partial charge in [-0.1, -0.05) is 23.7 Å². The number of aromatic hydroxyl groups is 1. The highest BCUT2D eigenvalue weighted by Crippen LogP contribution is 2.40. The van der Waals surface area contributed by atoms with Crippen molar-refractivity contribution in [3.8, 4) is 5.75 Å². The molecule has 0 spiro atoms. The second-order valence-corrected chi connectivity index (χ2v) is 6.17. The zero-order valence-electron chi connectivity index (χ0n) is 12.2. The van der Waals surface area contributed by atoms with Gasteiger partial charge in [0.15, 0.2) is 0 Å². The molecule has 1 atom stereocenters. The summed E-state index contributed by atoms with van der Waals surface area (Å²) < 4.78 is 0.579. The normalized spacial score (nSPS) is 16.3. The van der Waals surface area contributed by atoms with E-state index in [1.807, 2.05) is 18.2 Å². The Morgan fingerprint density at radius 3 is 2.59 bits per heavy atom. The molecular formula is C15H22BrCl3N2O. The molecule has 0 bridgehead atoms. The minimum absolute atomic E-state index is 0. The highest BCUT2D eigenvalue weighted by Gasteiger charge is 2.25. The number of hydrogen-bond donors (Lipinski definition) is 2.